The fraction of sp³-hybridized carbons (Fsp3) is 0.688. The van der Waals surface area contributed by atoms with Crippen LogP contribution in [0.2, 0.25) is 0 Å². The molecule has 0 aromatic heterocycles. The second-order valence-corrected chi connectivity index (χ2v) is 5.88. The Kier molecular flexibility index (Phi) is 7.19. The van der Waals surface area contributed by atoms with Crippen LogP contribution in [0, 0.1) is 5.92 Å². The summed E-state index contributed by atoms with van der Waals surface area (Å²) in [6, 6.07) is 0. The lowest BCUT2D eigenvalue weighted by molar-refractivity contribution is -0.151. The predicted octanol–water partition coefficient (Wildman–Crippen LogP) is 1.51. The molecule has 0 radical (unpaired) electrons. The monoisotopic (exact) mass is 328 g/mol. The lowest BCUT2D eigenvalue weighted by Crippen LogP contribution is -2.45. The zero-order chi connectivity index (χ0) is 17.6. The van der Waals surface area contributed by atoms with Gasteiger partial charge in [0.1, 0.15) is 0 Å². The number of allylic oxidation sites excluding steroid dienone is 1. The normalized spacial score (nSPS) is 15.1. The van der Waals surface area contributed by atoms with Gasteiger partial charge in [-0.25, -0.2) is 4.39 Å². The molecule has 0 aromatic rings. The largest absolute Gasteiger partial charge is 0.466 e. The zero-order valence-corrected chi connectivity index (χ0v) is 14.2. The van der Waals surface area contributed by atoms with Crippen molar-refractivity contribution in [3.8, 4) is 0 Å². The smallest absolute Gasteiger partial charge is 0.309 e. The van der Waals surface area contributed by atoms with Crippen molar-refractivity contribution in [3.05, 3.63) is 11.4 Å². The van der Waals surface area contributed by atoms with Crippen molar-refractivity contribution in [1.29, 1.82) is 0 Å². The second kappa shape index (κ2) is 8.64. The molecule has 1 aliphatic rings. The van der Waals surface area contributed by atoms with E-state index in [9.17, 15) is 18.8 Å². The average molecular weight is 328 g/mol. The Bertz CT molecular complexity index is 492. The number of halogens is 1. The first-order chi connectivity index (χ1) is 10.8. The lowest BCUT2D eigenvalue weighted by atomic mass is 9.97. The molecule has 1 aliphatic heterocycles. The minimum absolute atomic E-state index is 0.177. The maximum Gasteiger partial charge on any atom is 0.309 e. The molecule has 0 bridgehead atoms. The molecule has 0 N–H and O–H groups in total. The van der Waals surface area contributed by atoms with Gasteiger partial charge in [0, 0.05) is 20.1 Å². The molecule has 0 aliphatic carbocycles. The SMILES string of the molecule is CCOC(=O)C1CCN(C(=O)CN(C)C(=O)C(F)=C(C)C)CC1. The standard InChI is InChI=1S/C16H25FN2O4/c1-5-23-16(22)12-6-8-19(9-7-12)13(20)10-18(4)15(21)14(17)11(2)3/h12H,5-10H2,1-4H3. The Morgan fingerprint density at radius 3 is 2.26 bits per heavy atom. The molecule has 0 saturated carbocycles. The van der Waals surface area contributed by atoms with Crippen LogP contribution in [-0.2, 0) is 19.1 Å². The molecule has 2 amide bonds. The van der Waals surface area contributed by atoms with Crippen molar-refractivity contribution in [2.45, 2.75) is 33.6 Å². The van der Waals surface area contributed by atoms with Crippen LogP contribution in [0.4, 0.5) is 4.39 Å². The number of esters is 1. The molecule has 6 nitrogen and oxygen atoms in total. The van der Waals surface area contributed by atoms with Crippen LogP contribution in [0.1, 0.15) is 33.6 Å². The van der Waals surface area contributed by atoms with Crippen molar-refractivity contribution in [1.82, 2.24) is 9.80 Å². The number of carbonyl (C=O) groups is 3. The third-order valence-corrected chi connectivity index (χ3v) is 3.81. The molecule has 23 heavy (non-hydrogen) atoms. The highest BCUT2D eigenvalue weighted by Crippen LogP contribution is 2.19. The van der Waals surface area contributed by atoms with Gasteiger partial charge in [-0.1, -0.05) is 0 Å². The van der Waals surface area contributed by atoms with Crippen molar-refractivity contribution in [2.24, 2.45) is 5.92 Å². The number of amides is 2. The molecule has 0 unspecified atom stereocenters. The first-order valence-corrected chi connectivity index (χ1v) is 7.80. The molecule has 0 spiro atoms. The molecule has 0 aromatic carbocycles. The van der Waals surface area contributed by atoms with Gasteiger partial charge in [0.2, 0.25) is 5.91 Å². The van der Waals surface area contributed by atoms with Crippen LogP contribution >= 0.6 is 0 Å². The van der Waals surface area contributed by atoms with Crippen LogP contribution in [0.25, 0.3) is 0 Å². The third-order valence-electron chi connectivity index (χ3n) is 3.81. The first-order valence-electron chi connectivity index (χ1n) is 7.80. The number of piperidine rings is 1. The maximum absolute atomic E-state index is 13.6. The predicted molar refractivity (Wildman–Crippen MR) is 83.1 cm³/mol. The topological polar surface area (TPSA) is 66.9 Å². The van der Waals surface area contributed by atoms with E-state index in [0.717, 1.165) is 4.90 Å². The molecule has 7 heteroatoms. The van der Waals surface area contributed by atoms with Gasteiger partial charge in [-0.2, -0.15) is 0 Å². The molecule has 130 valence electrons. The van der Waals surface area contributed by atoms with E-state index in [1.807, 2.05) is 0 Å². The quantitative estimate of drug-likeness (QED) is 0.567. The van der Waals surface area contributed by atoms with Crippen LogP contribution in [0.5, 0.6) is 0 Å². The van der Waals surface area contributed by atoms with E-state index in [2.05, 4.69) is 0 Å². The summed E-state index contributed by atoms with van der Waals surface area (Å²) < 4.78 is 18.6. The molecule has 0 atom stereocenters. The van der Waals surface area contributed by atoms with Gasteiger partial charge in [0.25, 0.3) is 5.91 Å². The van der Waals surface area contributed by atoms with Crippen molar-refractivity contribution >= 4 is 17.8 Å². The Hall–Kier alpha value is -1.92. The fourth-order valence-electron chi connectivity index (χ4n) is 2.38. The average Bonchev–Trinajstić information content (AvgIpc) is 2.53. The van der Waals surface area contributed by atoms with Crippen LogP contribution in [-0.4, -0.2) is 60.9 Å². The van der Waals surface area contributed by atoms with E-state index in [-0.39, 0.29) is 29.9 Å². The summed E-state index contributed by atoms with van der Waals surface area (Å²) in [5, 5.41) is 0. The lowest BCUT2D eigenvalue weighted by Gasteiger charge is -2.32. The minimum atomic E-state index is -0.832. The minimum Gasteiger partial charge on any atom is -0.466 e. The van der Waals surface area contributed by atoms with Gasteiger partial charge in [-0.05, 0) is 39.2 Å². The summed E-state index contributed by atoms with van der Waals surface area (Å²) >= 11 is 0. The fourth-order valence-corrected chi connectivity index (χ4v) is 2.38. The highest BCUT2D eigenvalue weighted by Gasteiger charge is 2.29. The Morgan fingerprint density at radius 1 is 1.22 bits per heavy atom. The third kappa shape index (κ3) is 5.33. The van der Waals surface area contributed by atoms with Crippen LogP contribution in [0.3, 0.4) is 0 Å². The number of nitrogens with zero attached hydrogens (tertiary/aromatic N) is 2. The summed E-state index contributed by atoms with van der Waals surface area (Å²) in [6.45, 7) is 5.82. The van der Waals surface area contributed by atoms with E-state index in [0.29, 0.717) is 32.5 Å². The highest BCUT2D eigenvalue weighted by molar-refractivity contribution is 5.94. The van der Waals surface area contributed by atoms with Gasteiger partial charge in [-0.15, -0.1) is 0 Å². The van der Waals surface area contributed by atoms with Gasteiger partial charge in [0.15, 0.2) is 5.83 Å². The van der Waals surface area contributed by atoms with E-state index in [1.54, 1.807) is 11.8 Å². The van der Waals surface area contributed by atoms with E-state index < -0.39 is 11.7 Å². The van der Waals surface area contributed by atoms with Crippen molar-refractivity contribution in [2.75, 3.05) is 33.3 Å². The van der Waals surface area contributed by atoms with E-state index in [1.165, 1.54) is 20.9 Å². The summed E-state index contributed by atoms with van der Waals surface area (Å²) in [5.74, 6) is -2.27. The number of likely N-dealkylation sites (tertiary alicyclic amines) is 1. The number of likely N-dealkylation sites (N-methyl/N-ethyl adjacent to an activating group) is 1. The molecular formula is C16H25FN2O4. The number of carbonyl (C=O) groups excluding carboxylic acids is 3. The summed E-state index contributed by atoms with van der Waals surface area (Å²) in [4.78, 5) is 38.3. The highest BCUT2D eigenvalue weighted by atomic mass is 19.1. The maximum atomic E-state index is 13.6. The number of rotatable bonds is 5. The zero-order valence-electron chi connectivity index (χ0n) is 14.2. The molecule has 1 heterocycles. The summed E-state index contributed by atoms with van der Waals surface area (Å²) in [7, 11) is 1.40. The van der Waals surface area contributed by atoms with E-state index in [4.69, 9.17) is 4.74 Å². The van der Waals surface area contributed by atoms with Gasteiger partial charge in [-0.3, -0.25) is 14.4 Å². The first kappa shape index (κ1) is 19.1. The van der Waals surface area contributed by atoms with Crippen molar-refractivity contribution < 1.29 is 23.5 Å². The van der Waals surface area contributed by atoms with Crippen LogP contribution in [0.15, 0.2) is 11.4 Å². The number of ether oxygens (including phenoxy) is 1. The number of hydrogen-bond acceptors (Lipinski definition) is 4. The Labute approximate surface area is 136 Å². The second-order valence-electron chi connectivity index (χ2n) is 5.88. The molecule has 1 saturated heterocycles. The van der Waals surface area contributed by atoms with Crippen molar-refractivity contribution in [3.63, 3.8) is 0 Å². The molecular weight excluding hydrogens is 303 g/mol. The Balaban J connectivity index is 2.50. The Morgan fingerprint density at radius 2 is 1.78 bits per heavy atom. The van der Waals surface area contributed by atoms with Gasteiger partial charge < -0.3 is 14.5 Å². The summed E-state index contributed by atoms with van der Waals surface area (Å²) in [5.41, 5.74) is 0.282. The number of hydrogen-bond donors (Lipinski definition) is 0. The molecule has 1 rings (SSSR count). The van der Waals surface area contributed by atoms with Gasteiger partial charge >= 0.3 is 5.97 Å². The van der Waals surface area contributed by atoms with Crippen LogP contribution < -0.4 is 0 Å². The van der Waals surface area contributed by atoms with E-state index >= 15 is 0 Å². The van der Waals surface area contributed by atoms with Gasteiger partial charge in [0.05, 0.1) is 19.1 Å². The molecule has 1 fully saturated rings. The summed E-state index contributed by atoms with van der Waals surface area (Å²) in [6.07, 6.45) is 1.09.